The number of hydrogen-bond donors (Lipinski definition) is 3. The molecule has 1 aliphatic carbocycles. The molecule has 10 heteroatoms. The Labute approximate surface area is 214 Å². The average molecular weight is 526 g/mol. The minimum absolute atomic E-state index is 0.0953. The molecule has 1 unspecified atom stereocenters. The molecule has 36 heavy (non-hydrogen) atoms. The molecule has 7 nitrogen and oxygen atoms in total. The number of rotatable bonds is 5. The Hall–Kier alpha value is -2.39. The van der Waals surface area contributed by atoms with Crippen LogP contribution in [0.25, 0.3) is 10.9 Å². The molecule has 3 N–H and O–H groups in total. The highest BCUT2D eigenvalue weighted by Gasteiger charge is 2.52. The largest absolute Gasteiger partial charge is 0.465 e. The van der Waals surface area contributed by atoms with Crippen LogP contribution in [0.3, 0.4) is 0 Å². The van der Waals surface area contributed by atoms with Crippen molar-refractivity contribution in [1.82, 2.24) is 14.8 Å². The van der Waals surface area contributed by atoms with Gasteiger partial charge in [0.25, 0.3) is 5.91 Å². The van der Waals surface area contributed by atoms with Crippen LogP contribution in [-0.2, 0) is 6.54 Å². The van der Waals surface area contributed by atoms with E-state index in [0.717, 1.165) is 6.42 Å². The molecule has 1 aliphatic heterocycles. The van der Waals surface area contributed by atoms with E-state index in [1.165, 1.54) is 4.90 Å². The van der Waals surface area contributed by atoms with E-state index in [0.29, 0.717) is 41.0 Å². The average Bonchev–Trinajstić information content (AvgIpc) is 3.38. The maximum absolute atomic E-state index is 13.5. The lowest BCUT2D eigenvalue weighted by Crippen LogP contribution is -2.57. The molecule has 1 atom stereocenters. The summed E-state index contributed by atoms with van der Waals surface area (Å²) < 4.78 is 29.0. The van der Waals surface area contributed by atoms with Crippen LogP contribution in [0.4, 0.5) is 13.6 Å². The van der Waals surface area contributed by atoms with Gasteiger partial charge in [-0.05, 0) is 43.2 Å². The second-order valence-corrected chi connectivity index (χ2v) is 11.8. The molecular weight excluding hydrogens is 492 g/mol. The van der Waals surface area contributed by atoms with E-state index in [2.05, 4.69) is 5.32 Å². The third-order valence-electron chi connectivity index (χ3n) is 8.14. The Morgan fingerprint density at radius 3 is 2.42 bits per heavy atom. The fourth-order valence-electron chi connectivity index (χ4n) is 5.83. The highest BCUT2D eigenvalue weighted by Crippen LogP contribution is 2.46. The quantitative estimate of drug-likeness (QED) is 0.479. The highest BCUT2D eigenvalue weighted by molar-refractivity contribution is 6.36. The predicted octanol–water partition coefficient (Wildman–Crippen LogP) is 5.52. The summed E-state index contributed by atoms with van der Waals surface area (Å²) in [6, 6.07) is 5.30. The van der Waals surface area contributed by atoms with Gasteiger partial charge in [0.15, 0.2) is 0 Å². The Balaban J connectivity index is 1.66. The molecule has 2 heterocycles. The molecule has 0 radical (unpaired) electrons. The standard InChI is InChI=1S/C26H34ClF2N3O4/c1-23(2,3)25(8-5-13-32(25)22(34)35)16-31-14-17(20-18(27)6-4-7-19(20)31)21(33)30-15-24(36)9-11-26(28,29)12-10-24/h4,6-7,14,36H,5,8-13,15-16H2,1-3H3,(H,30,33)(H,34,35). The smallest absolute Gasteiger partial charge is 0.407 e. The van der Waals surface area contributed by atoms with Crippen molar-refractivity contribution in [2.24, 2.45) is 5.41 Å². The maximum atomic E-state index is 13.5. The number of likely N-dealkylation sites (tertiary alicyclic amines) is 1. The molecule has 0 bridgehead atoms. The SMILES string of the molecule is CC(C)(C)C1(Cn2cc(C(=O)NCC3(O)CCC(F)(F)CC3)c3c(Cl)cccc32)CCCN1C(=O)O. The van der Waals surface area contributed by atoms with Gasteiger partial charge < -0.3 is 25.0 Å². The number of aromatic nitrogens is 1. The van der Waals surface area contributed by atoms with Crippen molar-refractivity contribution >= 4 is 34.5 Å². The van der Waals surface area contributed by atoms with Gasteiger partial charge in [0.1, 0.15) is 0 Å². The van der Waals surface area contributed by atoms with E-state index in [1.54, 1.807) is 18.3 Å². The van der Waals surface area contributed by atoms with Crippen LogP contribution in [0, 0.1) is 5.41 Å². The van der Waals surface area contributed by atoms with Crippen molar-refractivity contribution in [2.75, 3.05) is 13.1 Å². The van der Waals surface area contributed by atoms with Gasteiger partial charge in [-0.15, -0.1) is 0 Å². The number of hydrogen-bond acceptors (Lipinski definition) is 3. The number of benzene rings is 1. The Morgan fingerprint density at radius 2 is 1.81 bits per heavy atom. The lowest BCUT2D eigenvalue weighted by atomic mass is 9.71. The van der Waals surface area contributed by atoms with Crippen LogP contribution in [0.2, 0.25) is 5.02 Å². The predicted molar refractivity (Wildman–Crippen MR) is 134 cm³/mol. The summed E-state index contributed by atoms with van der Waals surface area (Å²) in [7, 11) is 0. The third kappa shape index (κ3) is 4.79. The second-order valence-electron chi connectivity index (χ2n) is 11.4. The summed E-state index contributed by atoms with van der Waals surface area (Å²) in [4.78, 5) is 26.9. The summed E-state index contributed by atoms with van der Waals surface area (Å²) in [5.74, 6) is -3.26. The topological polar surface area (TPSA) is 94.8 Å². The van der Waals surface area contributed by atoms with Crippen molar-refractivity contribution in [1.29, 1.82) is 0 Å². The summed E-state index contributed by atoms with van der Waals surface area (Å²) in [5, 5.41) is 24.3. The zero-order valence-corrected chi connectivity index (χ0v) is 21.7. The van der Waals surface area contributed by atoms with Crippen molar-refractivity contribution in [3.8, 4) is 0 Å². The summed E-state index contributed by atoms with van der Waals surface area (Å²) in [6.07, 6.45) is 1.11. The minimum atomic E-state index is -2.79. The minimum Gasteiger partial charge on any atom is -0.465 e. The van der Waals surface area contributed by atoms with Gasteiger partial charge >= 0.3 is 6.09 Å². The molecule has 1 aromatic heterocycles. The van der Waals surface area contributed by atoms with E-state index in [-0.39, 0.29) is 24.8 Å². The van der Waals surface area contributed by atoms with Crippen molar-refractivity contribution in [2.45, 2.75) is 82.9 Å². The van der Waals surface area contributed by atoms with E-state index in [1.807, 2.05) is 31.4 Å². The third-order valence-corrected chi connectivity index (χ3v) is 8.45. The number of carbonyl (C=O) groups excluding carboxylic acids is 1. The van der Waals surface area contributed by atoms with E-state index >= 15 is 0 Å². The number of fused-ring (bicyclic) bond motifs is 1. The second kappa shape index (κ2) is 9.17. The molecule has 1 saturated heterocycles. The normalized spacial score (nSPS) is 23.7. The molecule has 0 spiro atoms. The van der Waals surface area contributed by atoms with E-state index < -0.39 is 41.9 Å². The van der Waals surface area contributed by atoms with Crippen molar-refractivity contribution < 1.29 is 28.6 Å². The number of carboxylic acid groups (broad SMARTS) is 1. The lowest BCUT2D eigenvalue weighted by molar-refractivity contribution is -0.101. The van der Waals surface area contributed by atoms with Crippen LogP contribution < -0.4 is 5.32 Å². The number of carbonyl (C=O) groups is 2. The number of halogens is 3. The zero-order valence-electron chi connectivity index (χ0n) is 20.9. The Bertz CT molecular complexity index is 1170. The fourth-order valence-corrected chi connectivity index (χ4v) is 6.10. The highest BCUT2D eigenvalue weighted by atomic mass is 35.5. The Kier molecular flexibility index (Phi) is 6.79. The first-order chi connectivity index (χ1) is 16.7. The van der Waals surface area contributed by atoms with Gasteiger partial charge in [0.2, 0.25) is 5.92 Å². The van der Waals surface area contributed by atoms with E-state index in [4.69, 9.17) is 11.6 Å². The molecule has 2 fully saturated rings. The summed E-state index contributed by atoms with van der Waals surface area (Å²) in [6.45, 7) is 6.71. The lowest BCUT2D eigenvalue weighted by Gasteiger charge is -2.47. The fraction of sp³-hybridized carbons (Fsp3) is 0.615. The van der Waals surface area contributed by atoms with Gasteiger partial charge in [-0.2, -0.15) is 0 Å². The molecule has 2 aromatic rings. The van der Waals surface area contributed by atoms with Gasteiger partial charge in [0, 0.05) is 44.1 Å². The van der Waals surface area contributed by atoms with Gasteiger partial charge in [0.05, 0.1) is 27.2 Å². The molecule has 1 saturated carbocycles. The molecular formula is C26H34ClF2N3O4. The number of nitrogens with one attached hydrogen (secondary N) is 1. The van der Waals surface area contributed by atoms with Crippen LogP contribution in [0.1, 0.15) is 69.7 Å². The molecule has 198 valence electrons. The summed E-state index contributed by atoms with van der Waals surface area (Å²) in [5.41, 5.74) is -1.47. The first kappa shape index (κ1) is 26.7. The van der Waals surface area contributed by atoms with Crippen LogP contribution in [-0.4, -0.2) is 61.8 Å². The molecule has 4 rings (SSSR count). The molecule has 2 aliphatic rings. The first-order valence-electron chi connectivity index (χ1n) is 12.3. The number of amides is 2. The number of alkyl halides is 2. The monoisotopic (exact) mass is 525 g/mol. The number of aliphatic hydroxyl groups is 1. The van der Waals surface area contributed by atoms with Crippen LogP contribution in [0.5, 0.6) is 0 Å². The first-order valence-corrected chi connectivity index (χ1v) is 12.7. The number of nitrogens with zero attached hydrogens (tertiary/aromatic N) is 2. The van der Waals surface area contributed by atoms with E-state index in [9.17, 15) is 28.6 Å². The maximum Gasteiger partial charge on any atom is 0.407 e. The van der Waals surface area contributed by atoms with Gasteiger partial charge in [-0.25, -0.2) is 13.6 Å². The van der Waals surface area contributed by atoms with Crippen molar-refractivity contribution in [3.05, 3.63) is 35.0 Å². The molecule has 2 amide bonds. The summed E-state index contributed by atoms with van der Waals surface area (Å²) >= 11 is 6.52. The van der Waals surface area contributed by atoms with Crippen molar-refractivity contribution in [3.63, 3.8) is 0 Å². The Morgan fingerprint density at radius 1 is 1.14 bits per heavy atom. The molecule has 1 aromatic carbocycles. The van der Waals surface area contributed by atoms with Crippen LogP contribution in [0.15, 0.2) is 24.4 Å². The van der Waals surface area contributed by atoms with Gasteiger partial charge in [-0.1, -0.05) is 38.4 Å². The van der Waals surface area contributed by atoms with Crippen LogP contribution >= 0.6 is 11.6 Å². The zero-order chi connectivity index (χ0) is 26.5. The van der Waals surface area contributed by atoms with Gasteiger partial charge in [-0.3, -0.25) is 4.79 Å².